The lowest BCUT2D eigenvalue weighted by atomic mass is 10.2. The third-order valence-electron chi connectivity index (χ3n) is 4.37. The summed E-state index contributed by atoms with van der Waals surface area (Å²) in [5, 5.41) is 0.842. The molecule has 7 heteroatoms. The van der Waals surface area contributed by atoms with Crippen molar-refractivity contribution in [3.05, 3.63) is 59.1 Å². The van der Waals surface area contributed by atoms with Gasteiger partial charge in [0.15, 0.2) is 6.61 Å². The summed E-state index contributed by atoms with van der Waals surface area (Å²) in [6.07, 6.45) is 0. The van der Waals surface area contributed by atoms with Crippen molar-refractivity contribution < 1.29 is 19.1 Å². The average Bonchev–Trinajstić information content (AvgIpc) is 3.15. The number of aromatic nitrogens is 1. The minimum absolute atomic E-state index is 0.214. The standard InChI is InChI=1S/C21H22N2O4S/c1-4-26-16-11-9-15(10-12-16)21(25)27-13-19(24)23(3)14(2)20-22-17-7-5-6-8-18(17)28-20/h5-12,14H,4,13H2,1-3H3/t14-/m0/s1. The molecule has 146 valence electrons. The molecule has 1 heterocycles. The molecule has 2 aromatic carbocycles. The number of carbonyl (C=O) groups excluding carboxylic acids is 2. The molecule has 0 aliphatic carbocycles. The zero-order valence-corrected chi connectivity index (χ0v) is 16.9. The van der Waals surface area contributed by atoms with Crippen LogP contribution in [0.1, 0.15) is 35.3 Å². The maximum Gasteiger partial charge on any atom is 0.338 e. The number of ether oxygens (including phenoxy) is 2. The molecule has 0 aliphatic rings. The summed E-state index contributed by atoms with van der Waals surface area (Å²) in [4.78, 5) is 30.7. The monoisotopic (exact) mass is 398 g/mol. The minimum Gasteiger partial charge on any atom is -0.494 e. The number of para-hydroxylation sites is 1. The van der Waals surface area contributed by atoms with E-state index in [1.807, 2.05) is 38.1 Å². The average molecular weight is 398 g/mol. The molecule has 0 radical (unpaired) electrons. The minimum atomic E-state index is -0.544. The number of fused-ring (bicyclic) bond motifs is 1. The third kappa shape index (κ3) is 4.48. The molecule has 28 heavy (non-hydrogen) atoms. The van der Waals surface area contributed by atoms with Gasteiger partial charge in [0.25, 0.3) is 5.91 Å². The molecule has 0 fully saturated rings. The first kappa shape index (κ1) is 19.8. The number of amides is 1. The van der Waals surface area contributed by atoms with E-state index >= 15 is 0 Å². The number of likely N-dealkylation sites (N-methyl/N-ethyl adjacent to an activating group) is 1. The maximum atomic E-state index is 12.5. The summed E-state index contributed by atoms with van der Waals surface area (Å²) in [5.41, 5.74) is 1.29. The molecule has 0 saturated carbocycles. The Bertz CT molecular complexity index is 935. The van der Waals surface area contributed by atoms with Gasteiger partial charge in [-0.05, 0) is 50.2 Å². The van der Waals surface area contributed by atoms with Crippen LogP contribution in [0.4, 0.5) is 0 Å². The fraction of sp³-hybridized carbons (Fsp3) is 0.286. The van der Waals surface area contributed by atoms with Crippen LogP contribution < -0.4 is 4.74 Å². The zero-order valence-electron chi connectivity index (χ0n) is 16.0. The van der Waals surface area contributed by atoms with Crippen LogP contribution in [0.5, 0.6) is 5.75 Å². The van der Waals surface area contributed by atoms with E-state index in [2.05, 4.69) is 4.98 Å². The molecule has 3 rings (SSSR count). The molecule has 0 unspecified atom stereocenters. The van der Waals surface area contributed by atoms with Crippen LogP contribution in [-0.4, -0.2) is 42.0 Å². The molecule has 6 nitrogen and oxygen atoms in total. The second kappa shape index (κ2) is 8.84. The van der Waals surface area contributed by atoms with E-state index in [9.17, 15) is 9.59 Å². The van der Waals surface area contributed by atoms with Crippen molar-refractivity contribution in [1.82, 2.24) is 9.88 Å². The highest BCUT2D eigenvalue weighted by Crippen LogP contribution is 2.28. The maximum absolute atomic E-state index is 12.5. The summed E-state index contributed by atoms with van der Waals surface area (Å²) in [5.74, 6) is -0.150. The van der Waals surface area contributed by atoms with Crippen molar-refractivity contribution in [2.24, 2.45) is 0 Å². The summed E-state index contributed by atoms with van der Waals surface area (Å²) in [6.45, 7) is 4.03. The topological polar surface area (TPSA) is 68.7 Å². The third-order valence-corrected chi connectivity index (χ3v) is 5.58. The number of rotatable bonds is 7. The predicted molar refractivity (Wildman–Crippen MR) is 109 cm³/mol. The molecule has 1 amide bonds. The van der Waals surface area contributed by atoms with Gasteiger partial charge in [-0.15, -0.1) is 11.3 Å². The Morgan fingerprint density at radius 3 is 2.54 bits per heavy atom. The van der Waals surface area contributed by atoms with E-state index in [1.165, 1.54) is 0 Å². The Kier molecular flexibility index (Phi) is 6.26. The lowest BCUT2D eigenvalue weighted by molar-refractivity contribution is -0.135. The van der Waals surface area contributed by atoms with E-state index in [1.54, 1.807) is 47.5 Å². The highest BCUT2D eigenvalue weighted by atomic mass is 32.1. The van der Waals surface area contributed by atoms with Gasteiger partial charge in [-0.25, -0.2) is 9.78 Å². The van der Waals surface area contributed by atoms with Gasteiger partial charge >= 0.3 is 5.97 Å². The van der Waals surface area contributed by atoms with E-state index < -0.39 is 5.97 Å². The van der Waals surface area contributed by atoms with E-state index in [0.29, 0.717) is 17.9 Å². The first-order chi connectivity index (χ1) is 13.5. The van der Waals surface area contributed by atoms with E-state index in [0.717, 1.165) is 15.2 Å². The van der Waals surface area contributed by atoms with E-state index in [-0.39, 0.29) is 18.6 Å². The normalized spacial score (nSPS) is 11.8. The van der Waals surface area contributed by atoms with Crippen LogP contribution in [-0.2, 0) is 9.53 Å². The lowest BCUT2D eigenvalue weighted by Gasteiger charge is -2.23. The first-order valence-corrected chi connectivity index (χ1v) is 9.82. The molecular weight excluding hydrogens is 376 g/mol. The van der Waals surface area contributed by atoms with Crippen molar-refractivity contribution in [1.29, 1.82) is 0 Å². The molecule has 0 saturated heterocycles. The molecule has 1 atom stereocenters. The fourth-order valence-corrected chi connectivity index (χ4v) is 3.68. The predicted octanol–water partition coefficient (Wildman–Crippen LogP) is 4.07. The summed E-state index contributed by atoms with van der Waals surface area (Å²) < 4.78 is 11.6. The second-order valence-corrected chi connectivity index (χ2v) is 7.30. The van der Waals surface area contributed by atoms with E-state index in [4.69, 9.17) is 9.47 Å². The van der Waals surface area contributed by atoms with Crippen molar-refractivity contribution in [2.75, 3.05) is 20.3 Å². The number of esters is 1. The van der Waals surface area contributed by atoms with Gasteiger partial charge in [0.1, 0.15) is 10.8 Å². The van der Waals surface area contributed by atoms with Gasteiger partial charge in [0, 0.05) is 7.05 Å². The molecule has 0 spiro atoms. The van der Waals surface area contributed by atoms with Crippen molar-refractivity contribution in [3.8, 4) is 5.75 Å². The largest absolute Gasteiger partial charge is 0.494 e. The number of thiazole rings is 1. The second-order valence-electron chi connectivity index (χ2n) is 6.23. The SMILES string of the molecule is CCOc1ccc(C(=O)OCC(=O)N(C)[C@@H](C)c2nc3ccccc3s2)cc1. The van der Waals surface area contributed by atoms with Gasteiger partial charge in [0.05, 0.1) is 28.4 Å². The van der Waals surface area contributed by atoms with Crippen LogP contribution in [0.15, 0.2) is 48.5 Å². The van der Waals surface area contributed by atoms with Crippen LogP contribution in [0.25, 0.3) is 10.2 Å². The highest BCUT2D eigenvalue weighted by molar-refractivity contribution is 7.18. The fourth-order valence-electron chi connectivity index (χ4n) is 2.62. The van der Waals surface area contributed by atoms with Gasteiger partial charge in [-0.3, -0.25) is 4.79 Å². The Labute approximate surface area is 167 Å². The van der Waals surface area contributed by atoms with Crippen molar-refractivity contribution in [3.63, 3.8) is 0 Å². The van der Waals surface area contributed by atoms with Gasteiger partial charge in [-0.2, -0.15) is 0 Å². The van der Waals surface area contributed by atoms with Crippen LogP contribution in [0.2, 0.25) is 0 Å². The Morgan fingerprint density at radius 2 is 1.86 bits per heavy atom. The van der Waals surface area contributed by atoms with Crippen LogP contribution in [0, 0.1) is 0 Å². The van der Waals surface area contributed by atoms with Crippen LogP contribution in [0.3, 0.4) is 0 Å². The number of hydrogen-bond acceptors (Lipinski definition) is 6. The lowest BCUT2D eigenvalue weighted by Crippen LogP contribution is -2.33. The van der Waals surface area contributed by atoms with Crippen molar-refractivity contribution >= 4 is 33.4 Å². The molecule has 0 N–H and O–H groups in total. The number of hydrogen-bond donors (Lipinski definition) is 0. The first-order valence-electron chi connectivity index (χ1n) is 9.00. The zero-order chi connectivity index (χ0) is 20.1. The van der Waals surface area contributed by atoms with Crippen molar-refractivity contribution in [2.45, 2.75) is 19.9 Å². The van der Waals surface area contributed by atoms with Crippen LogP contribution >= 0.6 is 11.3 Å². The number of carbonyl (C=O) groups is 2. The Morgan fingerprint density at radius 1 is 1.14 bits per heavy atom. The molecular formula is C21H22N2O4S. The quantitative estimate of drug-likeness (QED) is 0.561. The number of benzene rings is 2. The highest BCUT2D eigenvalue weighted by Gasteiger charge is 2.22. The smallest absolute Gasteiger partial charge is 0.338 e. The van der Waals surface area contributed by atoms with Gasteiger partial charge in [-0.1, -0.05) is 12.1 Å². The summed E-state index contributed by atoms with van der Waals surface area (Å²) in [6, 6.07) is 14.3. The molecule has 3 aromatic rings. The summed E-state index contributed by atoms with van der Waals surface area (Å²) in [7, 11) is 1.68. The molecule has 1 aromatic heterocycles. The Hall–Kier alpha value is -2.93. The number of nitrogens with zero attached hydrogens (tertiary/aromatic N) is 2. The molecule has 0 bridgehead atoms. The van der Waals surface area contributed by atoms with Gasteiger partial charge < -0.3 is 14.4 Å². The molecule has 0 aliphatic heterocycles. The van der Waals surface area contributed by atoms with Gasteiger partial charge in [0.2, 0.25) is 0 Å². The summed E-state index contributed by atoms with van der Waals surface area (Å²) >= 11 is 1.55. The Balaban J connectivity index is 1.58.